The first-order valence-electron chi connectivity index (χ1n) is 7.10. The van der Waals surface area contributed by atoms with Gasteiger partial charge in [0, 0.05) is 0 Å². The van der Waals surface area contributed by atoms with Crippen molar-refractivity contribution in [3.63, 3.8) is 0 Å². The van der Waals surface area contributed by atoms with Gasteiger partial charge in [-0.3, -0.25) is 4.79 Å². The SMILES string of the molecule is O=C(O)C1(Cc2cccc(F)c2)CCCCCCC1. The standard InChI is InChI=1S/C16H21FO2/c17-14-8-6-7-13(11-14)12-16(15(18)19)9-4-2-1-3-5-10-16/h6-8,11H,1-5,9-10,12H2,(H,18,19). The van der Waals surface area contributed by atoms with Crippen LogP contribution in [0.2, 0.25) is 0 Å². The number of hydrogen-bond acceptors (Lipinski definition) is 1. The predicted molar refractivity (Wildman–Crippen MR) is 72.5 cm³/mol. The van der Waals surface area contributed by atoms with Crippen LogP contribution < -0.4 is 0 Å². The average molecular weight is 264 g/mol. The lowest BCUT2D eigenvalue weighted by molar-refractivity contribution is -0.150. The van der Waals surface area contributed by atoms with Gasteiger partial charge in [0.1, 0.15) is 5.82 Å². The molecule has 1 fully saturated rings. The van der Waals surface area contributed by atoms with E-state index in [1.165, 1.54) is 18.6 Å². The molecule has 1 aromatic rings. The number of carboxylic acids is 1. The number of benzene rings is 1. The van der Waals surface area contributed by atoms with Gasteiger partial charge in [-0.15, -0.1) is 0 Å². The topological polar surface area (TPSA) is 37.3 Å². The Morgan fingerprint density at radius 2 is 1.79 bits per heavy atom. The molecule has 0 heterocycles. The second kappa shape index (κ2) is 6.18. The van der Waals surface area contributed by atoms with Gasteiger partial charge in [0.25, 0.3) is 0 Å². The van der Waals surface area contributed by atoms with Crippen molar-refractivity contribution in [2.24, 2.45) is 5.41 Å². The maximum absolute atomic E-state index is 13.2. The van der Waals surface area contributed by atoms with Crippen LogP contribution in [0.15, 0.2) is 24.3 Å². The zero-order valence-corrected chi connectivity index (χ0v) is 11.2. The highest BCUT2D eigenvalue weighted by Gasteiger charge is 2.38. The third-order valence-corrected chi connectivity index (χ3v) is 4.20. The normalized spacial score (nSPS) is 19.4. The van der Waals surface area contributed by atoms with E-state index in [9.17, 15) is 14.3 Å². The maximum Gasteiger partial charge on any atom is 0.309 e. The molecule has 3 heteroatoms. The molecule has 1 aromatic carbocycles. The van der Waals surface area contributed by atoms with E-state index in [2.05, 4.69) is 0 Å². The van der Waals surface area contributed by atoms with Gasteiger partial charge in [-0.1, -0.05) is 44.2 Å². The lowest BCUT2D eigenvalue weighted by Gasteiger charge is -2.31. The molecule has 0 radical (unpaired) electrons. The van der Waals surface area contributed by atoms with Gasteiger partial charge >= 0.3 is 5.97 Å². The number of hydrogen-bond donors (Lipinski definition) is 1. The number of halogens is 1. The molecular formula is C16H21FO2. The van der Waals surface area contributed by atoms with Crippen LogP contribution in [-0.4, -0.2) is 11.1 Å². The highest BCUT2D eigenvalue weighted by Crippen LogP contribution is 2.37. The lowest BCUT2D eigenvalue weighted by atomic mass is 9.72. The van der Waals surface area contributed by atoms with E-state index in [4.69, 9.17) is 0 Å². The zero-order valence-electron chi connectivity index (χ0n) is 11.2. The first-order chi connectivity index (χ1) is 9.12. The Hall–Kier alpha value is -1.38. The lowest BCUT2D eigenvalue weighted by Crippen LogP contribution is -2.34. The molecule has 1 saturated carbocycles. The summed E-state index contributed by atoms with van der Waals surface area (Å²) in [5.74, 6) is -1.01. The van der Waals surface area contributed by atoms with Gasteiger partial charge in [0.05, 0.1) is 5.41 Å². The smallest absolute Gasteiger partial charge is 0.309 e. The van der Waals surface area contributed by atoms with Crippen LogP contribution in [0.5, 0.6) is 0 Å². The Bertz CT molecular complexity index is 434. The molecule has 0 aliphatic heterocycles. The van der Waals surface area contributed by atoms with Crippen molar-refractivity contribution >= 4 is 5.97 Å². The molecular weight excluding hydrogens is 243 g/mol. The Kier molecular flexibility index (Phi) is 4.56. The van der Waals surface area contributed by atoms with Gasteiger partial charge < -0.3 is 5.11 Å². The van der Waals surface area contributed by atoms with Crippen molar-refractivity contribution in [1.29, 1.82) is 0 Å². The molecule has 104 valence electrons. The minimum absolute atomic E-state index is 0.288. The molecule has 0 bridgehead atoms. The van der Waals surface area contributed by atoms with Crippen LogP contribution in [0.1, 0.15) is 50.5 Å². The highest BCUT2D eigenvalue weighted by molar-refractivity contribution is 5.75. The fourth-order valence-corrected chi connectivity index (χ4v) is 3.09. The summed E-state index contributed by atoms with van der Waals surface area (Å²) in [5.41, 5.74) is 0.0942. The van der Waals surface area contributed by atoms with Crippen molar-refractivity contribution < 1.29 is 14.3 Å². The fraction of sp³-hybridized carbons (Fsp3) is 0.562. The van der Waals surface area contributed by atoms with E-state index in [0.29, 0.717) is 19.3 Å². The van der Waals surface area contributed by atoms with Crippen molar-refractivity contribution in [2.45, 2.75) is 51.4 Å². The Labute approximate surface area is 113 Å². The van der Waals surface area contributed by atoms with Crippen molar-refractivity contribution in [3.05, 3.63) is 35.6 Å². The molecule has 0 saturated heterocycles. The summed E-state index contributed by atoms with van der Waals surface area (Å²) in [6, 6.07) is 6.34. The molecule has 0 spiro atoms. The molecule has 19 heavy (non-hydrogen) atoms. The summed E-state index contributed by atoms with van der Waals surface area (Å²) in [7, 11) is 0. The summed E-state index contributed by atoms with van der Waals surface area (Å²) < 4.78 is 13.2. The molecule has 0 unspecified atom stereocenters. The molecule has 2 rings (SSSR count). The van der Waals surface area contributed by atoms with Crippen LogP contribution in [-0.2, 0) is 11.2 Å². The third-order valence-electron chi connectivity index (χ3n) is 4.20. The molecule has 1 aliphatic rings. The molecule has 0 amide bonds. The summed E-state index contributed by atoms with van der Waals surface area (Å²) >= 11 is 0. The van der Waals surface area contributed by atoms with Crippen molar-refractivity contribution in [2.75, 3.05) is 0 Å². The number of rotatable bonds is 3. The van der Waals surface area contributed by atoms with Crippen LogP contribution in [0, 0.1) is 11.2 Å². The average Bonchev–Trinajstić information content (AvgIpc) is 2.32. The first kappa shape index (κ1) is 14.0. The van der Waals surface area contributed by atoms with Crippen LogP contribution >= 0.6 is 0 Å². The van der Waals surface area contributed by atoms with Crippen molar-refractivity contribution in [1.82, 2.24) is 0 Å². The number of carbonyl (C=O) groups is 1. The molecule has 2 nitrogen and oxygen atoms in total. The molecule has 1 aliphatic carbocycles. The van der Waals surface area contributed by atoms with Gasteiger partial charge in [-0.05, 0) is 37.0 Å². The largest absolute Gasteiger partial charge is 0.481 e. The van der Waals surface area contributed by atoms with Crippen LogP contribution in [0.3, 0.4) is 0 Å². The fourth-order valence-electron chi connectivity index (χ4n) is 3.09. The van der Waals surface area contributed by atoms with Gasteiger partial charge in [0.15, 0.2) is 0 Å². The minimum Gasteiger partial charge on any atom is -0.481 e. The van der Waals surface area contributed by atoms with E-state index < -0.39 is 11.4 Å². The molecule has 0 aromatic heterocycles. The molecule has 1 N–H and O–H groups in total. The first-order valence-corrected chi connectivity index (χ1v) is 7.10. The van der Waals surface area contributed by atoms with E-state index in [-0.39, 0.29) is 5.82 Å². The van der Waals surface area contributed by atoms with E-state index in [1.807, 2.05) is 6.07 Å². The Morgan fingerprint density at radius 3 is 2.37 bits per heavy atom. The quantitative estimate of drug-likeness (QED) is 0.889. The van der Waals surface area contributed by atoms with E-state index in [0.717, 1.165) is 31.2 Å². The summed E-state index contributed by atoms with van der Waals surface area (Å²) in [6.07, 6.45) is 7.20. The number of aliphatic carboxylic acids is 1. The highest BCUT2D eigenvalue weighted by atomic mass is 19.1. The van der Waals surface area contributed by atoms with Gasteiger partial charge in [-0.25, -0.2) is 4.39 Å². The summed E-state index contributed by atoms with van der Waals surface area (Å²) in [4.78, 5) is 11.7. The van der Waals surface area contributed by atoms with Gasteiger partial charge in [-0.2, -0.15) is 0 Å². The van der Waals surface area contributed by atoms with Gasteiger partial charge in [0.2, 0.25) is 0 Å². The second-order valence-electron chi connectivity index (χ2n) is 5.66. The maximum atomic E-state index is 13.2. The predicted octanol–water partition coefficient (Wildman–Crippen LogP) is 4.18. The Balaban J connectivity index is 2.20. The minimum atomic E-state index is -0.723. The molecule has 0 atom stereocenters. The summed E-state index contributed by atoms with van der Waals surface area (Å²) in [5, 5.41) is 9.64. The monoisotopic (exact) mass is 264 g/mol. The third kappa shape index (κ3) is 3.55. The second-order valence-corrected chi connectivity index (χ2v) is 5.66. The zero-order chi connectivity index (χ0) is 13.7. The van der Waals surface area contributed by atoms with Crippen LogP contribution in [0.25, 0.3) is 0 Å². The van der Waals surface area contributed by atoms with E-state index in [1.54, 1.807) is 6.07 Å². The summed E-state index contributed by atoms with van der Waals surface area (Å²) in [6.45, 7) is 0. The van der Waals surface area contributed by atoms with Crippen molar-refractivity contribution in [3.8, 4) is 0 Å². The van der Waals surface area contributed by atoms with Crippen LogP contribution in [0.4, 0.5) is 4.39 Å². The van der Waals surface area contributed by atoms with E-state index >= 15 is 0 Å². The number of carboxylic acid groups (broad SMARTS) is 1. The Morgan fingerprint density at radius 1 is 1.16 bits per heavy atom.